The number of hydrogen-bond acceptors (Lipinski definition) is 5. The number of rotatable bonds is 3. The molecule has 174 valence electrons. The first kappa shape index (κ1) is 21.7. The van der Waals surface area contributed by atoms with E-state index in [0.29, 0.717) is 36.1 Å². The van der Waals surface area contributed by atoms with Crippen molar-refractivity contribution in [3.63, 3.8) is 0 Å². The second-order valence-electron chi connectivity index (χ2n) is 9.36. The number of carbonyl (C=O) groups is 1. The van der Waals surface area contributed by atoms with Crippen LogP contribution in [0, 0.1) is 17.7 Å². The number of hydrogen-bond donors (Lipinski definition) is 1. The molecule has 3 aliphatic rings. The number of ether oxygens (including phenoxy) is 1. The number of nitrogens with zero attached hydrogens (tertiary/aromatic N) is 4. The van der Waals surface area contributed by atoms with Crippen molar-refractivity contribution in [2.45, 2.75) is 18.9 Å². The Morgan fingerprint density at radius 1 is 1.30 bits per heavy atom. The smallest absolute Gasteiger partial charge is 0.340 e. The Labute approximate surface area is 193 Å². The third-order valence-corrected chi connectivity index (χ3v) is 6.84. The van der Waals surface area contributed by atoms with Crippen LogP contribution in [0.3, 0.4) is 0 Å². The minimum atomic E-state index is -0.451. The van der Waals surface area contributed by atoms with Gasteiger partial charge in [-0.1, -0.05) is 12.1 Å². The molecule has 1 unspecified atom stereocenters. The number of halogens is 1. The number of hydrazone groups is 1. The van der Waals surface area contributed by atoms with Crippen LogP contribution in [0.15, 0.2) is 47.6 Å². The van der Waals surface area contributed by atoms with E-state index in [9.17, 15) is 14.3 Å². The molecule has 0 aliphatic carbocycles. The van der Waals surface area contributed by atoms with Gasteiger partial charge in [-0.05, 0) is 68.2 Å². The summed E-state index contributed by atoms with van der Waals surface area (Å²) < 4.78 is 20.0. The molecule has 2 amide bonds. The van der Waals surface area contributed by atoms with E-state index in [0.717, 1.165) is 31.5 Å². The first-order chi connectivity index (χ1) is 15.9. The van der Waals surface area contributed by atoms with Gasteiger partial charge in [-0.25, -0.2) is 14.2 Å². The van der Waals surface area contributed by atoms with Gasteiger partial charge in [0, 0.05) is 25.7 Å². The predicted molar refractivity (Wildman–Crippen MR) is 123 cm³/mol. The molecule has 8 heteroatoms. The van der Waals surface area contributed by atoms with Gasteiger partial charge < -0.3 is 19.6 Å². The number of fused-ring (bicyclic) bond motifs is 3. The van der Waals surface area contributed by atoms with Crippen molar-refractivity contribution >= 4 is 11.7 Å². The average Bonchev–Trinajstić information content (AvgIpc) is 3.18. The summed E-state index contributed by atoms with van der Waals surface area (Å²) in [5, 5.41) is 16.3. The van der Waals surface area contributed by atoms with Crippen LogP contribution in [0.2, 0.25) is 0 Å². The van der Waals surface area contributed by atoms with Crippen LogP contribution in [-0.4, -0.2) is 72.0 Å². The molecule has 5 rings (SSSR count). The predicted octanol–water partition coefficient (Wildman–Crippen LogP) is 3.69. The first-order valence-corrected chi connectivity index (χ1v) is 11.4. The zero-order valence-corrected chi connectivity index (χ0v) is 18.9. The Bertz CT molecular complexity index is 1090. The number of phenolic OH excluding ortho intramolecular Hbond substituents is 1. The van der Waals surface area contributed by atoms with Gasteiger partial charge in [-0.2, -0.15) is 5.10 Å². The lowest BCUT2D eigenvalue weighted by Crippen LogP contribution is -2.45. The molecule has 1 fully saturated rings. The molecule has 7 nitrogen and oxygen atoms in total. The molecule has 3 heterocycles. The summed E-state index contributed by atoms with van der Waals surface area (Å²) in [4.78, 5) is 17.7. The van der Waals surface area contributed by atoms with Crippen molar-refractivity contribution in [2.24, 2.45) is 16.9 Å². The molecular weight excluding hydrogens is 423 g/mol. The summed E-state index contributed by atoms with van der Waals surface area (Å²) in [6.45, 7) is 3.01. The zero-order chi connectivity index (χ0) is 23.1. The second-order valence-corrected chi connectivity index (χ2v) is 9.36. The fraction of sp³-hybridized carbons (Fsp3) is 0.440. The van der Waals surface area contributed by atoms with Crippen LogP contribution in [0.5, 0.6) is 11.5 Å². The van der Waals surface area contributed by atoms with Gasteiger partial charge in [-0.15, -0.1) is 0 Å². The summed E-state index contributed by atoms with van der Waals surface area (Å²) >= 11 is 0. The van der Waals surface area contributed by atoms with E-state index >= 15 is 0 Å². The van der Waals surface area contributed by atoms with E-state index in [1.807, 2.05) is 13.1 Å². The van der Waals surface area contributed by atoms with Crippen molar-refractivity contribution in [3.8, 4) is 11.5 Å². The molecule has 0 radical (unpaired) electrons. The van der Waals surface area contributed by atoms with Crippen molar-refractivity contribution in [2.75, 3.05) is 40.3 Å². The van der Waals surface area contributed by atoms with Gasteiger partial charge >= 0.3 is 6.03 Å². The van der Waals surface area contributed by atoms with Crippen molar-refractivity contribution < 1.29 is 19.0 Å². The molecule has 3 aliphatic heterocycles. The van der Waals surface area contributed by atoms with Crippen molar-refractivity contribution in [1.82, 2.24) is 14.8 Å². The molecule has 0 spiro atoms. The highest BCUT2D eigenvalue weighted by Crippen LogP contribution is 2.43. The molecule has 2 aromatic carbocycles. The molecule has 1 saturated heterocycles. The standard InChI is InChI=1S/C25H29FN4O3/c1-28-10-4-5-16(13-28)14-29(2)25(32)30-24(17-6-3-7-19(31)11-17)21-15-33-22-9-8-18(26)12-20(22)23(21)27-30/h3,6-9,11-12,16,21,24,31H,4-5,10,13-15H2,1-2H3/t16?,21-,24+/m0/s1. The molecular formula is C25H29FN4O3. The van der Waals surface area contributed by atoms with Crippen LogP contribution in [0.25, 0.3) is 0 Å². The summed E-state index contributed by atoms with van der Waals surface area (Å²) in [5.41, 5.74) is 1.98. The summed E-state index contributed by atoms with van der Waals surface area (Å²) in [6, 6.07) is 10.6. The number of benzene rings is 2. The van der Waals surface area contributed by atoms with Crippen molar-refractivity contribution in [3.05, 3.63) is 59.4 Å². The summed E-state index contributed by atoms with van der Waals surface area (Å²) in [7, 11) is 3.92. The monoisotopic (exact) mass is 452 g/mol. The molecule has 33 heavy (non-hydrogen) atoms. The number of aromatic hydroxyl groups is 1. The highest BCUT2D eigenvalue weighted by molar-refractivity contribution is 6.07. The van der Waals surface area contributed by atoms with E-state index in [4.69, 9.17) is 9.84 Å². The normalized spacial score (nSPS) is 24.5. The lowest BCUT2D eigenvalue weighted by atomic mass is 9.86. The topological polar surface area (TPSA) is 68.6 Å². The molecule has 0 bridgehead atoms. The minimum absolute atomic E-state index is 0.120. The van der Waals surface area contributed by atoms with E-state index in [2.05, 4.69) is 11.9 Å². The minimum Gasteiger partial charge on any atom is -0.508 e. The molecule has 3 atom stereocenters. The fourth-order valence-corrected chi connectivity index (χ4v) is 5.31. The van der Waals surface area contributed by atoms with E-state index in [-0.39, 0.29) is 23.5 Å². The van der Waals surface area contributed by atoms with Gasteiger partial charge in [0.15, 0.2) is 0 Å². The lowest BCUT2D eigenvalue weighted by molar-refractivity contribution is 0.118. The third-order valence-electron chi connectivity index (χ3n) is 6.84. The Balaban J connectivity index is 1.48. The van der Waals surface area contributed by atoms with E-state index in [1.54, 1.807) is 29.2 Å². The number of amides is 2. The Morgan fingerprint density at radius 3 is 2.94 bits per heavy atom. The van der Waals surface area contributed by atoms with Crippen LogP contribution < -0.4 is 4.74 Å². The zero-order valence-electron chi connectivity index (χ0n) is 18.9. The molecule has 0 saturated carbocycles. The number of likely N-dealkylation sites (tertiary alicyclic amines) is 1. The lowest BCUT2D eigenvalue weighted by Gasteiger charge is -2.35. The van der Waals surface area contributed by atoms with E-state index in [1.165, 1.54) is 17.1 Å². The number of piperidine rings is 1. The van der Waals surface area contributed by atoms with E-state index < -0.39 is 6.04 Å². The molecule has 1 N–H and O–H groups in total. The molecule has 2 aromatic rings. The number of carbonyl (C=O) groups excluding carboxylic acids is 1. The van der Waals surface area contributed by atoms with Gasteiger partial charge in [0.2, 0.25) is 0 Å². The maximum absolute atomic E-state index is 14.1. The first-order valence-electron chi connectivity index (χ1n) is 11.4. The van der Waals surface area contributed by atoms with Gasteiger partial charge in [0.25, 0.3) is 0 Å². The highest BCUT2D eigenvalue weighted by atomic mass is 19.1. The van der Waals surface area contributed by atoms with Crippen LogP contribution in [0.1, 0.15) is 30.0 Å². The number of urea groups is 1. The maximum Gasteiger partial charge on any atom is 0.340 e. The summed E-state index contributed by atoms with van der Waals surface area (Å²) in [6.07, 6.45) is 2.22. The number of phenols is 1. The quantitative estimate of drug-likeness (QED) is 0.771. The Kier molecular flexibility index (Phi) is 5.70. The third kappa shape index (κ3) is 4.15. The molecule has 0 aromatic heterocycles. The average molecular weight is 453 g/mol. The van der Waals surface area contributed by atoms with Crippen molar-refractivity contribution in [1.29, 1.82) is 0 Å². The second kappa shape index (κ2) is 8.67. The van der Waals surface area contributed by atoms with Crippen LogP contribution in [0.4, 0.5) is 9.18 Å². The Morgan fingerprint density at radius 2 is 2.15 bits per heavy atom. The SMILES string of the molecule is CN1CCCC(CN(C)C(=O)N2N=C3c4cc(F)ccc4OC[C@@H]3[C@H]2c2cccc(O)c2)C1. The van der Waals surface area contributed by atoms with Gasteiger partial charge in [0.05, 0.1) is 24.3 Å². The van der Waals surface area contributed by atoms with Crippen LogP contribution >= 0.6 is 0 Å². The van der Waals surface area contributed by atoms with Crippen LogP contribution in [-0.2, 0) is 0 Å². The van der Waals surface area contributed by atoms with Gasteiger partial charge in [0.1, 0.15) is 17.3 Å². The Hall–Kier alpha value is -3.13. The summed E-state index contributed by atoms with van der Waals surface area (Å²) in [5.74, 6) is 0.453. The van der Waals surface area contributed by atoms with Gasteiger partial charge in [-0.3, -0.25) is 0 Å². The largest absolute Gasteiger partial charge is 0.508 e. The highest BCUT2D eigenvalue weighted by Gasteiger charge is 2.46. The fourth-order valence-electron chi connectivity index (χ4n) is 5.31. The maximum atomic E-state index is 14.1.